The van der Waals surface area contributed by atoms with Crippen molar-refractivity contribution in [2.45, 2.75) is 25.0 Å². The molecule has 0 aromatic heterocycles. The van der Waals surface area contributed by atoms with Crippen LogP contribution in [0.5, 0.6) is 0 Å². The molecule has 0 amide bonds. The zero-order valence-corrected chi connectivity index (χ0v) is 5.20. The highest BCUT2D eigenvalue weighted by Gasteiger charge is 2.30. The van der Waals surface area contributed by atoms with Crippen molar-refractivity contribution in [1.82, 2.24) is 0 Å². The van der Waals surface area contributed by atoms with Crippen LogP contribution in [-0.4, -0.2) is 34.1 Å². The standard InChI is InChI=1S/C6H12O3/c7-3-4-1-5(8)2-6(4)9/h4-9H,1-3H2/t4-,5?,6+/m1/s1. The lowest BCUT2D eigenvalue weighted by Gasteiger charge is -2.07. The van der Waals surface area contributed by atoms with Crippen LogP contribution in [0.1, 0.15) is 12.8 Å². The van der Waals surface area contributed by atoms with Crippen molar-refractivity contribution in [3.63, 3.8) is 0 Å². The monoisotopic (exact) mass is 132 g/mol. The minimum absolute atomic E-state index is 0.0156. The van der Waals surface area contributed by atoms with Gasteiger partial charge in [-0.1, -0.05) is 0 Å². The number of hydrogen-bond acceptors (Lipinski definition) is 3. The van der Waals surface area contributed by atoms with Gasteiger partial charge in [-0.3, -0.25) is 0 Å². The maximum Gasteiger partial charge on any atom is 0.0615 e. The lowest BCUT2D eigenvalue weighted by atomic mass is 10.1. The van der Waals surface area contributed by atoms with Gasteiger partial charge in [0.2, 0.25) is 0 Å². The first-order valence-electron chi connectivity index (χ1n) is 3.21. The molecule has 1 rings (SSSR count). The molecule has 3 atom stereocenters. The maximum absolute atomic E-state index is 9.04. The number of aliphatic hydroxyl groups excluding tert-OH is 3. The minimum Gasteiger partial charge on any atom is -0.396 e. The van der Waals surface area contributed by atoms with E-state index in [1.807, 2.05) is 0 Å². The van der Waals surface area contributed by atoms with Gasteiger partial charge in [-0.2, -0.15) is 0 Å². The Hall–Kier alpha value is -0.120. The highest BCUT2D eigenvalue weighted by Crippen LogP contribution is 2.24. The van der Waals surface area contributed by atoms with Gasteiger partial charge in [-0.15, -0.1) is 0 Å². The molecule has 0 aliphatic heterocycles. The van der Waals surface area contributed by atoms with Crippen LogP contribution >= 0.6 is 0 Å². The molecule has 3 N–H and O–H groups in total. The van der Waals surface area contributed by atoms with E-state index in [-0.39, 0.29) is 12.5 Å². The Balaban J connectivity index is 2.38. The molecular formula is C6H12O3. The van der Waals surface area contributed by atoms with Crippen molar-refractivity contribution < 1.29 is 15.3 Å². The Kier molecular flexibility index (Phi) is 2.05. The van der Waals surface area contributed by atoms with Crippen LogP contribution in [0.4, 0.5) is 0 Å². The van der Waals surface area contributed by atoms with Gasteiger partial charge in [0.05, 0.1) is 12.2 Å². The Morgan fingerprint density at radius 3 is 2.11 bits per heavy atom. The predicted molar refractivity (Wildman–Crippen MR) is 31.8 cm³/mol. The largest absolute Gasteiger partial charge is 0.396 e. The van der Waals surface area contributed by atoms with Crippen molar-refractivity contribution in [2.24, 2.45) is 5.92 Å². The van der Waals surface area contributed by atoms with Crippen molar-refractivity contribution in [3.05, 3.63) is 0 Å². The van der Waals surface area contributed by atoms with E-state index in [1.165, 1.54) is 0 Å². The van der Waals surface area contributed by atoms with Gasteiger partial charge in [0, 0.05) is 12.5 Å². The van der Waals surface area contributed by atoms with Crippen LogP contribution in [0.3, 0.4) is 0 Å². The number of hydrogen-bond donors (Lipinski definition) is 3. The second kappa shape index (κ2) is 2.64. The van der Waals surface area contributed by atoms with Gasteiger partial charge in [0.15, 0.2) is 0 Å². The van der Waals surface area contributed by atoms with E-state index in [1.54, 1.807) is 0 Å². The van der Waals surface area contributed by atoms with Crippen LogP contribution in [-0.2, 0) is 0 Å². The molecule has 0 heterocycles. The van der Waals surface area contributed by atoms with E-state index < -0.39 is 12.2 Å². The van der Waals surface area contributed by atoms with Crippen LogP contribution in [0.25, 0.3) is 0 Å². The summed E-state index contributed by atoms with van der Waals surface area (Å²) in [6, 6.07) is 0. The van der Waals surface area contributed by atoms with Gasteiger partial charge in [-0.25, -0.2) is 0 Å². The van der Waals surface area contributed by atoms with Crippen LogP contribution in [0.15, 0.2) is 0 Å². The Morgan fingerprint density at radius 1 is 1.22 bits per heavy atom. The Labute approximate surface area is 53.9 Å². The lowest BCUT2D eigenvalue weighted by molar-refractivity contribution is 0.0893. The third-order valence-electron chi connectivity index (χ3n) is 1.87. The average molecular weight is 132 g/mol. The number of rotatable bonds is 1. The summed E-state index contributed by atoms with van der Waals surface area (Å²) in [7, 11) is 0. The molecule has 1 aliphatic carbocycles. The average Bonchev–Trinajstić information content (AvgIpc) is 2.10. The third kappa shape index (κ3) is 1.41. The smallest absolute Gasteiger partial charge is 0.0615 e. The molecule has 9 heavy (non-hydrogen) atoms. The van der Waals surface area contributed by atoms with Crippen LogP contribution < -0.4 is 0 Å². The highest BCUT2D eigenvalue weighted by atomic mass is 16.3. The first kappa shape index (κ1) is 6.99. The summed E-state index contributed by atoms with van der Waals surface area (Å²) in [6.45, 7) is -0.0156. The van der Waals surface area contributed by atoms with Crippen molar-refractivity contribution >= 4 is 0 Å². The molecule has 1 unspecified atom stereocenters. The van der Waals surface area contributed by atoms with Crippen LogP contribution in [0.2, 0.25) is 0 Å². The normalized spacial score (nSPS) is 43.7. The molecule has 3 heteroatoms. The molecule has 1 saturated carbocycles. The third-order valence-corrected chi connectivity index (χ3v) is 1.87. The molecule has 0 saturated heterocycles. The van der Waals surface area contributed by atoms with Crippen molar-refractivity contribution in [2.75, 3.05) is 6.61 Å². The van der Waals surface area contributed by atoms with E-state index in [9.17, 15) is 0 Å². The van der Waals surface area contributed by atoms with E-state index in [2.05, 4.69) is 0 Å². The summed E-state index contributed by atoms with van der Waals surface area (Å²) in [5, 5.41) is 26.6. The molecule has 3 nitrogen and oxygen atoms in total. The topological polar surface area (TPSA) is 60.7 Å². The summed E-state index contributed by atoms with van der Waals surface area (Å²) in [5.41, 5.74) is 0. The molecule has 1 aliphatic rings. The highest BCUT2D eigenvalue weighted by molar-refractivity contribution is 4.81. The van der Waals surface area contributed by atoms with Crippen LogP contribution in [0, 0.1) is 5.92 Å². The molecule has 0 aromatic rings. The first-order chi connectivity index (χ1) is 4.24. The van der Waals surface area contributed by atoms with Crippen molar-refractivity contribution in [1.29, 1.82) is 0 Å². The molecule has 54 valence electrons. The summed E-state index contributed by atoms with van der Waals surface area (Å²) in [5.74, 6) is -0.0972. The molecule has 1 fully saturated rings. The van der Waals surface area contributed by atoms with E-state index >= 15 is 0 Å². The summed E-state index contributed by atoms with van der Waals surface area (Å²) < 4.78 is 0. The van der Waals surface area contributed by atoms with E-state index in [0.29, 0.717) is 12.8 Å². The summed E-state index contributed by atoms with van der Waals surface area (Å²) >= 11 is 0. The lowest BCUT2D eigenvalue weighted by Crippen LogP contribution is -2.16. The first-order valence-corrected chi connectivity index (χ1v) is 3.21. The van der Waals surface area contributed by atoms with E-state index in [0.717, 1.165) is 0 Å². The van der Waals surface area contributed by atoms with Crippen molar-refractivity contribution in [3.8, 4) is 0 Å². The molecule has 0 aromatic carbocycles. The van der Waals surface area contributed by atoms with Gasteiger partial charge in [0.25, 0.3) is 0 Å². The van der Waals surface area contributed by atoms with Gasteiger partial charge in [-0.05, 0) is 12.8 Å². The number of aliphatic hydroxyl groups is 3. The van der Waals surface area contributed by atoms with Gasteiger partial charge < -0.3 is 15.3 Å². The SMILES string of the molecule is OC[C@H]1CC(O)C[C@@H]1O. The maximum atomic E-state index is 9.04. The predicted octanol–water partition coefficient (Wildman–Crippen LogP) is -0.890. The van der Waals surface area contributed by atoms with Gasteiger partial charge >= 0.3 is 0 Å². The summed E-state index contributed by atoms with van der Waals surface area (Å²) in [4.78, 5) is 0. The molecule has 0 spiro atoms. The quantitative estimate of drug-likeness (QED) is 0.434. The fourth-order valence-electron chi connectivity index (χ4n) is 1.27. The zero-order chi connectivity index (χ0) is 6.85. The second-order valence-corrected chi connectivity index (χ2v) is 2.64. The fraction of sp³-hybridized carbons (Fsp3) is 1.00. The van der Waals surface area contributed by atoms with E-state index in [4.69, 9.17) is 15.3 Å². The second-order valence-electron chi connectivity index (χ2n) is 2.64. The molecule has 0 bridgehead atoms. The fourth-order valence-corrected chi connectivity index (χ4v) is 1.27. The summed E-state index contributed by atoms with van der Waals surface area (Å²) in [6.07, 6.45) is 0.0604. The zero-order valence-electron chi connectivity index (χ0n) is 5.20. The molecular weight excluding hydrogens is 120 g/mol. The minimum atomic E-state index is -0.495. The Morgan fingerprint density at radius 2 is 1.89 bits per heavy atom. The van der Waals surface area contributed by atoms with Gasteiger partial charge in [0.1, 0.15) is 0 Å². The molecule has 0 radical (unpaired) electrons. The Bertz CT molecular complexity index is 94.3.